The van der Waals surface area contributed by atoms with Gasteiger partial charge in [0.2, 0.25) is 0 Å². The van der Waals surface area contributed by atoms with Gasteiger partial charge in [-0.3, -0.25) is 0 Å². The van der Waals surface area contributed by atoms with Crippen molar-refractivity contribution in [3.8, 4) is 0 Å². The van der Waals surface area contributed by atoms with E-state index in [1.807, 2.05) is 24.3 Å². The number of hydrogen-bond acceptors (Lipinski definition) is 1. The number of hydrogen-bond donors (Lipinski definition) is 1. The molecule has 0 amide bonds. The Hall–Kier alpha value is -0.930. The molecule has 22 heavy (non-hydrogen) atoms. The first-order valence-electron chi connectivity index (χ1n) is 7.40. The zero-order valence-electron chi connectivity index (χ0n) is 12.2. The molecule has 1 N–H and O–H groups in total. The van der Waals surface area contributed by atoms with Crippen LogP contribution in [0.2, 0.25) is 15.1 Å². The van der Waals surface area contributed by atoms with Crippen molar-refractivity contribution >= 4 is 40.5 Å². The van der Waals surface area contributed by atoms with Crippen molar-refractivity contribution in [3.05, 3.63) is 63.1 Å². The average molecular weight is 357 g/mol. The van der Waals surface area contributed by atoms with Crippen LogP contribution in [0.4, 0.5) is 5.69 Å². The van der Waals surface area contributed by atoms with Gasteiger partial charge < -0.3 is 9.80 Å². The summed E-state index contributed by atoms with van der Waals surface area (Å²) in [7, 11) is 0. The van der Waals surface area contributed by atoms with Gasteiger partial charge in [0.05, 0.1) is 36.2 Å². The summed E-state index contributed by atoms with van der Waals surface area (Å²) >= 11 is 18.3. The lowest BCUT2D eigenvalue weighted by atomic mass is 10.2. The molecule has 2 nitrogen and oxygen atoms in total. The molecule has 5 heteroatoms. The van der Waals surface area contributed by atoms with E-state index in [4.69, 9.17) is 34.8 Å². The van der Waals surface area contributed by atoms with E-state index < -0.39 is 0 Å². The van der Waals surface area contributed by atoms with Crippen LogP contribution in [0.3, 0.4) is 0 Å². The maximum atomic E-state index is 6.28. The molecule has 1 saturated heterocycles. The Morgan fingerprint density at radius 3 is 2.27 bits per heavy atom. The van der Waals surface area contributed by atoms with Gasteiger partial charge in [0.15, 0.2) is 0 Å². The molecule has 3 rings (SSSR count). The lowest BCUT2D eigenvalue weighted by molar-refractivity contribution is -0.914. The molecule has 116 valence electrons. The van der Waals surface area contributed by atoms with Gasteiger partial charge in [0.25, 0.3) is 0 Å². The number of benzene rings is 2. The molecular formula is C17H18Cl3N2+. The lowest BCUT2D eigenvalue weighted by Crippen LogP contribution is -3.13. The number of piperazine rings is 1. The Balaban J connectivity index is 1.60. The minimum atomic E-state index is 0.637. The number of nitrogens with one attached hydrogen (secondary N) is 1. The fourth-order valence-corrected chi connectivity index (χ4v) is 3.38. The van der Waals surface area contributed by atoms with Crippen LogP contribution in [0.25, 0.3) is 0 Å². The minimum absolute atomic E-state index is 0.637. The number of quaternary nitrogens is 1. The molecule has 1 aliphatic rings. The summed E-state index contributed by atoms with van der Waals surface area (Å²) in [5, 5.41) is 2.11. The normalized spacial score (nSPS) is 16.0. The van der Waals surface area contributed by atoms with E-state index in [-0.39, 0.29) is 0 Å². The fourth-order valence-electron chi connectivity index (χ4n) is 2.86. The average Bonchev–Trinajstić information content (AvgIpc) is 2.53. The Labute approximate surface area is 146 Å². The topological polar surface area (TPSA) is 7.68 Å². The van der Waals surface area contributed by atoms with Crippen molar-refractivity contribution in [3.63, 3.8) is 0 Å². The quantitative estimate of drug-likeness (QED) is 0.883. The summed E-state index contributed by atoms with van der Waals surface area (Å²) in [6, 6.07) is 13.9. The van der Waals surface area contributed by atoms with E-state index in [2.05, 4.69) is 23.1 Å². The molecule has 0 aliphatic carbocycles. The van der Waals surface area contributed by atoms with E-state index in [0.717, 1.165) is 43.3 Å². The van der Waals surface area contributed by atoms with Crippen molar-refractivity contribution < 1.29 is 4.90 Å². The minimum Gasteiger partial charge on any atom is -0.360 e. The van der Waals surface area contributed by atoms with Gasteiger partial charge in [-0.15, -0.1) is 0 Å². The van der Waals surface area contributed by atoms with Gasteiger partial charge in [-0.1, -0.05) is 46.9 Å². The molecule has 0 atom stereocenters. The third-order valence-corrected chi connectivity index (χ3v) is 5.24. The fraction of sp³-hybridized carbons (Fsp3) is 0.294. The molecule has 1 fully saturated rings. The molecule has 0 spiro atoms. The number of halogens is 3. The van der Waals surface area contributed by atoms with Gasteiger partial charge in [0, 0.05) is 16.3 Å². The van der Waals surface area contributed by atoms with Crippen LogP contribution >= 0.6 is 34.8 Å². The van der Waals surface area contributed by atoms with Crippen LogP contribution in [0.1, 0.15) is 5.56 Å². The maximum Gasteiger partial charge on any atom is 0.104 e. The van der Waals surface area contributed by atoms with Gasteiger partial charge in [-0.2, -0.15) is 0 Å². The Bertz CT molecular complexity index is 635. The Morgan fingerprint density at radius 2 is 1.59 bits per heavy atom. The summed E-state index contributed by atoms with van der Waals surface area (Å²) in [5.41, 5.74) is 2.37. The van der Waals surface area contributed by atoms with E-state index in [9.17, 15) is 0 Å². The highest BCUT2D eigenvalue weighted by molar-refractivity contribution is 6.42. The van der Waals surface area contributed by atoms with E-state index >= 15 is 0 Å². The Kier molecular flexibility index (Phi) is 5.14. The van der Waals surface area contributed by atoms with Gasteiger partial charge in [0.1, 0.15) is 6.54 Å². The first kappa shape index (κ1) is 15.9. The van der Waals surface area contributed by atoms with Crippen LogP contribution in [-0.4, -0.2) is 26.2 Å². The Morgan fingerprint density at radius 1 is 0.909 bits per heavy atom. The third kappa shape index (κ3) is 3.69. The molecule has 2 aromatic carbocycles. The highest BCUT2D eigenvalue weighted by atomic mass is 35.5. The molecule has 0 radical (unpaired) electrons. The standard InChI is InChI=1S/C17H17Cl3N2/c18-14-4-6-15(7-5-14)22-10-8-21(9-11-22)12-13-2-1-3-16(19)17(13)20/h1-7H,8-12H2/p+1. The molecular weight excluding hydrogens is 339 g/mol. The van der Waals surface area contributed by atoms with Crippen LogP contribution in [0, 0.1) is 0 Å². The molecule has 1 aliphatic heterocycles. The monoisotopic (exact) mass is 355 g/mol. The second kappa shape index (κ2) is 7.10. The van der Waals surface area contributed by atoms with E-state index in [1.165, 1.54) is 10.6 Å². The van der Waals surface area contributed by atoms with Gasteiger partial charge >= 0.3 is 0 Å². The van der Waals surface area contributed by atoms with Crippen LogP contribution in [-0.2, 0) is 6.54 Å². The summed E-state index contributed by atoms with van der Waals surface area (Å²) in [5.74, 6) is 0. The van der Waals surface area contributed by atoms with Crippen molar-refractivity contribution in [1.29, 1.82) is 0 Å². The van der Waals surface area contributed by atoms with Crippen LogP contribution in [0.15, 0.2) is 42.5 Å². The van der Waals surface area contributed by atoms with Crippen LogP contribution < -0.4 is 9.80 Å². The highest BCUT2D eigenvalue weighted by Gasteiger charge is 2.21. The molecule has 0 saturated carbocycles. The summed E-state index contributed by atoms with van der Waals surface area (Å²) < 4.78 is 0. The zero-order chi connectivity index (χ0) is 15.5. The predicted molar refractivity (Wildman–Crippen MR) is 94.5 cm³/mol. The lowest BCUT2D eigenvalue weighted by Gasteiger charge is -2.33. The third-order valence-electron chi connectivity index (χ3n) is 4.13. The number of rotatable bonds is 3. The van der Waals surface area contributed by atoms with Gasteiger partial charge in [-0.25, -0.2) is 0 Å². The second-order valence-corrected chi connectivity index (χ2v) is 6.82. The molecule has 1 heterocycles. The summed E-state index contributed by atoms with van der Waals surface area (Å²) in [6.07, 6.45) is 0. The number of nitrogens with zero attached hydrogens (tertiary/aromatic N) is 1. The van der Waals surface area contributed by atoms with Gasteiger partial charge in [-0.05, 0) is 30.3 Å². The van der Waals surface area contributed by atoms with Crippen molar-refractivity contribution in [1.82, 2.24) is 0 Å². The zero-order valence-corrected chi connectivity index (χ0v) is 14.4. The molecule has 0 aromatic heterocycles. The first-order chi connectivity index (χ1) is 10.6. The van der Waals surface area contributed by atoms with Crippen molar-refractivity contribution in [2.45, 2.75) is 6.54 Å². The molecule has 0 bridgehead atoms. The molecule has 2 aromatic rings. The predicted octanol–water partition coefficient (Wildman–Crippen LogP) is 3.55. The highest BCUT2D eigenvalue weighted by Crippen LogP contribution is 2.25. The summed E-state index contributed by atoms with van der Waals surface area (Å²) in [6.45, 7) is 5.18. The second-order valence-electron chi connectivity index (χ2n) is 5.60. The number of anilines is 1. The summed E-state index contributed by atoms with van der Waals surface area (Å²) in [4.78, 5) is 3.94. The SMILES string of the molecule is Clc1ccc(N2CC[NH+](Cc3cccc(Cl)c3Cl)CC2)cc1. The van der Waals surface area contributed by atoms with E-state index in [1.54, 1.807) is 0 Å². The van der Waals surface area contributed by atoms with E-state index in [0.29, 0.717) is 10.0 Å². The molecule has 0 unspecified atom stereocenters. The van der Waals surface area contributed by atoms with Crippen molar-refractivity contribution in [2.75, 3.05) is 31.1 Å². The smallest absolute Gasteiger partial charge is 0.104 e. The van der Waals surface area contributed by atoms with Crippen LogP contribution in [0.5, 0.6) is 0 Å². The van der Waals surface area contributed by atoms with Crippen molar-refractivity contribution in [2.24, 2.45) is 0 Å². The largest absolute Gasteiger partial charge is 0.360 e. The first-order valence-corrected chi connectivity index (χ1v) is 8.54. The maximum absolute atomic E-state index is 6.28.